The topological polar surface area (TPSA) is 29.1 Å². The molecule has 1 N–H and O–H groups in total. The minimum atomic E-state index is 0.0276. The summed E-state index contributed by atoms with van der Waals surface area (Å²) in [7, 11) is 0. The maximum absolute atomic E-state index is 12.1. The Bertz CT molecular complexity index is 631. The highest BCUT2D eigenvalue weighted by Gasteiger charge is 2.38. The number of fused-ring (bicyclic) bond motifs is 1. The average Bonchev–Trinajstić information content (AvgIpc) is 3.06. The second-order valence-corrected chi connectivity index (χ2v) is 6.14. The second kappa shape index (κ2) is 4.09. The van der Waals surface area contributed by atoms with Crippen LogP contribution in [0.3, 0.4) is 0 Å². The van der Waals surface area contributed by atoms with Crippen molar-refractivity contribution in [2.75, 3.05) is 0 Å². The average molecular weight is 304 g/mol. The molecule has 18 heavy (non-hydrogen) atoms. The van der Waals surface area contributed by atoms with Crippen molar-refractivity contribution in [2.24, 2.45) is 0 Å². The Morgan fingerprint density at radius 3 is 2.56 bits per heavy atom. The van der Waals surface area contributed by atoms with Gasteiger partial charge in [-0.25, -0.2) is 0 Å². The Hall–Kier alpha value is -1.35. The third-order valence-corrected chi connectivity index (χ3v) is 3.97. The van der Waals surface area contributed by atoms with Gasteiger partial charge in [0.25, 0.3) is 5.91 Å². The third-order valence-electron chi connectivity index (χ3n) is 3.48. The number of benzene rings is 2. The van der Waals surface area contributed by atoms with E-state index < -0.39 is 0 Å². The normalized spacial score (nSPS) is 16.6. The maximum atomic E-state index is 12.1. The summed E-state index contributed by atoms with van der Waals surface area (Å²) in [5, 5.41) is 5.30. The fourth-order valence-electron chi connectivity index (χ4n) is 2.02. The first kappa shape index (κ1) is 11.7. The summed E-state index contributed by atoms with van der Waals surface area (Å²) < 4.78 is 1.05. The molecule has 0 aromatic heterocycles. The summed E-state index contributed by atoms with van der Waals surface area (Å²) in [4.78, 5) is 12.1. The third kappa shape index (κ3) is 2.27. The van der Waals surface area contributed by atoms with E-state index in [-0.39, 0.29) is 11.4 Å². The van der Waals surface area contributed by atoms with Crippen molar-refractivity contribution in [3.05, 3.63) is 46.4 Å². The summed E-state index contributed by atoms with van der Waals surface area (Å²) in [5.74, 6) is 0.0276. The van der Waals surface area contributed by atoms with Gasteiger partial charge in [-0.1, -0.05) is 28.1 Å². The van der Waals surface area contributed by atoms with Crippen LogP contribution in [-0.4, -0.2) is 11.4 Å². The first-order chi connectivity index (χ1) is 8.56. The Morgan fingerprint density at radius 1 is 1.17 bits per heavy atom. The molecular formula is C15H14BrNO. The van der Waals surface area contributed by atoms with Crippen molar-refractivity contribution in [2.45, 2.75) is 25.3 Å². The van der Waals surface area contributed by atoms with Gasteiger partial charge in [0.1, 0.15) is 0 Å². The summed E-state index contributed by atoms with van der Waals surface area (Å²) >= 11 is 3.45. The molecule has 0 spiro atoms. The number of rotatable bonds is 2. The van der Waals surface area contributed by atoms with E-state index in [2.05, 4.69) is 34.2 Å². The maximum Gasteiger partial charge on any atom is 0.251 e. The van der Waals surface area contributed by atoms with Crippen molar-refractivity contribution >= 4 is 32.6 Å². The molecule has 1 amide bonds. The van der Waals surface area contributed by atoms with Crippen LogP contribution in [0.2, 0.25) is 0 Å². The van der Waals surface area contributed by atoms with Crippen LogP contribution in [0.25, 0.3) is 10.8 Å². The molecule has 0 heterocycles. The van der Waals surface area contributed by atoms with Gasteiger partial charge < -0.3 is 5.32 Å². The number of carbonyl (C=O) groups is 1. The van der Waals surface area contributed by atoms with Gasteiger partial charge in [-0.15, -0.1) is 0 Å². The van der Waals surface area contributed by atoms with E-state index >= 15 is 0 Å². The lowest BCUT2D eigenvalue weighted by Gasteiger charge is -2.11. The van der Waals surface area contributed by atoms with Crippen LogP contribution in [0.5, 0.6) is 0 Å². The van der Waals surface area contributed by atoms with Crippen LogP contribution >= 0.6 is 15.9 Å². The van der Waals surface area contributed by atoms with Crippen molar-refractivity contribution < 1.29 is 4.79 Å². The van der Waals surface area contributed by atoms with Crippen LogP contribution < -0.4 is 5.32 Å². The molecule has 0 aliphatic heterocycles. The predicted octanol–water partition coefficient (Wildman–Crippen LogP) is 3.88. The summed E-state index contributed by atoms with van der Waals surface area (Å²) in [5.41, 5.74) is 0.768. The molecule has 2 aromatic rings. The smallest absolute Gasteiger partial charge is 0.251 e. The fraction of sp³-hybridized carbons (Fsp3) is 0.267. The second-order valence-electron chi connectivity index (χ2n) is 5.22. The molecule has 2 nitrogen and oxygen atoms in total. The lowest BCUT2D eigenvalue weighted by atomic mass is 10.1. The predicted molar refractivity (Wildman–Crippen MR) is 76.8 cm³/mol. The molecule has 1 fully saturated rings. The van der Waals surface area contributed by atoms with E-state index in [9.17, 15) is 4.79 Å². The first-order valence-corrected chi connectivity index (χ1v) is 6.87. The van der Waals surface area contributed by atoms with E-state index in [0.717, 1.165) is 33.7 Å². The zero-order valence-corrected chi connectivity index (χ0v) is 11.8. The molecule has 2 aromatic carbocycles. The van der Waals surface area contributed by atoms with Gasteiger partial charge >= 0.3 is 0 Å². The number of hydrogen-bond donors (Lipinski definition) is 1. The number of carbonyl (C=O) groups excluding carboxylic acids is 1. The summed E-state index contributed by atoms with van der Waals surface area (Å²) in [6.45, 7) is 2.09. The van der Waals surface area contributed by atoms with Crippen molar-refractivity contribution in [1.29, 1.82) is 0 Å². The number of amides is 1. The van der Waals surface area contributed by atoms with Crippen molar-refractivity contribution in [1.82, 2.24) is 5.32 Å². The Labute approximate surface area is 115 Å². The highest BCUT2D eigenvalue weighted by Crippen LogP contribution is 2.34. The number of halogens is 1. The molecule has 1 aliphatic carbocycles. The summed E-state index contributed by atoms with van der Waals surface area (Å²) in [6.07, 6.45) is 2.17. The number of nitrogens with one attached hydrogen (secondary N) is 1. The Morgan fingerprint density at radius 2 is 1.83 bits per heavy atom. The molecule has 0 radical (unpaired) electrons. The molecule has 1 aliphatic rings. The zero-order chi connectivity index (χ0) is 12.8. The fourth-order valence-corrected chi connectivity index (χ4v) is 2.40. The van der Waals surface area contributed by atoms with Gasteiger partial charge in [-0.2, -0.15) is 0 Å². The van der Waals surface area contributed by atoms with Crippen LogP contribution in [-0.2, 0) is 0 Å². The van der Waals surface area contributed by atoms with Gasteiger partial charge in [0.2, 0.25) is 0 Å². The number of hydrogen-bond acceptors (Lipinski definition) is 1. The van der Waals surface area contributed by atoms with Gasteiger partial charge in [0.05, 0.1) is 0 Å². The van der Waals surface area contributed by atoms with Crippen molar-refractivity contribution in [3.63, 3.8) is 0 Å². The van der Waals surface area contributed by atoms with Gasteiger partial charge in [-0.3, -0.25) is 4.79 Å². The first-order valence-electron chi connectivity index (χ1n) is 6.08. The lowest BCUT2D eigenvalue weighted by molar-refractivity contribution is 0.0935. The van der Waals surface area contributed by atoms with Crippen molar-refractivity contribution in [3.8, 4) is 0 Å². The van der Waals surface area contributed by atoms with E-state index in [1.165, 1.54) is 0 Å². The van der Waals surface area contributed by atoms with E-state index in [4.69, 9.17) is 0 Å². The SMILES string of the molecule is CC1(NC(=O)c2ccc3cc(Br)ccc3c2)CC1. The summed E-state index contributed by atoms with van der Waals surface area (Å²) in [6, 6.07) is 11.9. The molecule has 3 heteroatoms. The highest BCUT2D eigenvalue weighted by atomic mass is 79.9. The lowest BCUT2D eigenvalue weighted by Crippen LogP contribution is -2.34. The largest absolute Gasteiger partial charge is 0.347 e. The van der Waals surface area contributed by atoms with E-state index in [1.807, 2.05) is 30.3 Å². The monoisotopic (exact) mass is 303 g/mol. The van der Waals surface area contributed by atoms with Crippen LogP contribution in [0.4, 0.5) is 0 Å². The minimum absolute atomic E-state index is 0.0276. The van der Waals surface area contributed by atoms with Gasteiger partial charge in [-0.05, 0) is 54.8 Å². The molecule has 92 valence electrons. The zero-order valence-electron chi connectivity index (χ0n) is 10.2. The standard InChI is InChI=1S/C15H14BrNO/c1-15(6-7-15)17-14(18)12-3-2-11-9-13(16)5-4-10(11)8-12/h2-5,8-9H,6-7H2,1H3,(H,17,18). The molecule has 0 atom stereocenters. The molecule has 0 bridgehead atoms. The van der Waals surface area contributed by atoms with Crippen LogP contribution in [0.15, 0.2) is 40.9 Å². The Balaban J connectivity index is 1.93. The highest BCUT2D eigenvalue weighted by molar-refractivity contribution is 9.10. The quantitative estimate of drug-likeness (QED) is 0.896. The molecule has 3 rings (SSSR count). The van der Waals surface area contributed by atoms with E-state index in [0.29, 0.717) is 0 Å². The van der Waals surface area contributed by atoms with Crippen LogP contribution in [0, 0.1) is 0 Å². The minimum Gasteiger partial charge on any atom is -0.347 e. The van der Waals surface area contributed by atoms with Gasteiger partial charge in [0.15, 0.2) is 0 Å². The molecule has 0 saturated heterocycles. The molecular weight excluding hydrogens is 290 g/mol. The van der Waals surface area contributed by atoms with Gasteiger partial charge in [0, 0.05) is 15.6 Å². The Kier molecular flexibility index (Phi) is 2.67. The molecule has 0 unspecified atom stereocenters. The van der Waals surface area contributed by atoms with E-state index in [1.54, 1.807) is 0 Å². The molecule has 1 saturated carbocycles. The van der Waals surface area contributed by atoms with Crippen LogP contribution in [0.1, 0.15) is 30.1 Å².